The number of aromatic nitrogens is 2. The first kappa shape index (κ1) is 33.2. The third kappa shape index (κ3) is 4.90. The summed E-state index contributed by atoms with van der Waals surface area (Å²) in [5, 5.41) is 9.87. The van der Waals surface area contributed by atoms with Crippen LogP contribution in [0.3, 0.4) is 0 Å². The van der Waals surface area contributed by atoms with Crippen molar-refractivity contribution >= 4 is 63.8 Å². The van der Waals surface area contributed by atoms with Crippen LogP contribution in [0.1, 0.15) is 25.0 Å². The van der Waals surface area contributed by atoms with Gasteiger partial charge in [0.25, 0.3) is 0 Å². The Morgan fingerprint density at radius 1 is 0.414 bits per heavy atom. The average Bonchev–Trinajstić information content (AvgIpc) is 3.77. The van der Waals surface area contributed by atoms with Gasteiger partial charge in [-0.1, -0.05) is 178 Å². The van der Waals surface area contributed by atoms with Gasteiger partial charge in [0.1, 0.15) is 0 Å². The molecule has 11 aromatic rings. The molecule has 2 aromatic heterocycles. The lowest BCUT2D eigenvalue weighted by molar-refractivity contribution is 0.662. The summed E-state index contributed by atoms with van der Waals surface area (Å²) in [7, 11) is 0. The van der Waals surface area contributed by atoms with Gasteiger partial charge in [-0.3, -0.25) is 0 Å². The number of rotatable bonds is 4. The van der Waals surface area contributed by atoms with Gasteiger partial charge in [0.2, 0.25) is 0 Å². The molecule has 1 aliphatic rings. The first-order valence-corrected chi connectivity index (χ1v) is 20.8. The molecule has 0 fully saturated rings. The monoisotopic (exact) mass is 756 g/mol. The Hall–Kier alpha value is -6.94. The fraction of sp³-hybridized carbons (Fsp3) is 0.0545. The largest absolute Gasteiger partial charge is 0.228 e. The molecule has 272 valence electrons. The van der Waals surface area contributed by atoms with Crippen molar-refractivity contribution in [2.24, 2.45) is 0 Å². The van der Waals surface area contributed by atoms with Crippen molar-refractivity contribution in [1.29, 1.82) is 0 Å². The zero-order valence-corrected chi connectivity index (χ0v) is 32.9. The van der Waals surface area contributed by atoms with Crippen molar-refractivity contribution in [1.82, 2.24) is 9.97 Å². The quantitative estimate of drug-likeness (QED) is 0.132. The number of fused-ring (bicyclic) bond motifs is 10. The first-order valence-electron chi connectivity index (χ1n) is 20.0. The fourth-order valence-electron chi connectivity index (χ4n) is 9.77. The van der Waals surface area contributed by atoms with E-state index in [1.165, 1.54) is 85.9 Å². The number of thiophene rings is 1. The Bertz CT molecular complexity index is 3480. The van der Waals surface area contributed by atoms with E-state index in [9.17, 15) is 0 Å². The van der Waals surface area contributed by atoms with Crippen molar-refractivity contribution in [3.05, 3.63) is 193 Å². The highest BCUT2D eigenvalue weighted by Crippen LogP contribution is 2.52. The zero-order chi connectivity index (χ0) is 38.5. The molecule has 0 N–H and O–H groups in total. The maximum Gasteiger partial charge on any atom is 0.160 e. The zero-order valence-electron chi connectivity index (χ0n) is 32.1. The number of hydrogen-bond donors (Lipinski definition) is 0. The van der Waals surface area contributed by atoms with E-state index in [0.717, 1.165) is 28.1 Å². The highest BCUT2D eigenvalue weighted by molar-refractivity contribution is 7.26. The fourth-order valence-corrected chi connectivity index (χ4v) is 11.0. The van der Waals surface area contributed by atoms with Crippen molar-refractivity contribution in [3.8, 4) is 56.2 Å². The number of nitrogens with zero attached hydrogens (tertiary/aromatic N) is 2. The van der Waals surface area contributed by atoms with E-state index >= 15 is 0 Å². The summed E-state index contributed by atoms with van der Waals surface area (Å²) in [6, 6.07) is 66.4. The van der Waals surface area contributed by atoms with Crippen LogP contribution in [0, 0.1) is 0 Å². The molecule has 2 heterocycles. The van der Waals surface area contributed by atoms with Gasteiger partial charge in [-0.25, -0.2) is 9.97 Å². The average molecular weight is 757 g/mol. The molecular weight excluding hydrogens is 721 g/mol. The molecule has 1 aliphatic carbocycles. The lowest BCUT2D eigenvalue weighted by Gasteiger charge is -2.24. The van der Waals surface area contributed by atoms with Crippen LogP contribution >= 0.6 is 11.3 Å². The van der Waals surface area contributed by atoms with E-state index in [4.69, 9.17) is 9.97 Å². The molecule has 0 saturated heterocycles. The molecule has 12 rings (SSSR count). The van der Waals surface area contributed by atoms with Crippen molar-refractivity contribution < 1.29 is 0 Å². The summed E-state index contributed by atoms with van der Waals surface area (Å²) < 4.78 is 2.63. The highest BCUT2D eigenvalue weighted by Gasteiger charge is 2.37. The minimum atomic E-state index is -0.200. The lowest BCUT2D eigenvalue weighted by atomic mass is 9.79. The third-order valence-corrected chi connectivity index (χ3v) is 13.7. The predicted octanol–water partition coefficient (Wildman–Crippen LogP) is 15.3. The minimum absolute atomic E-state index is 0.200. The second-order valence-electron chi connectivity index (χ2n) is 16.1. The Morgan fingerprint density at radius 3 is 1.93 bits per heavy atom. The molecule has 0 aliphatic heterocycles. The van der Waals surface area contributed by atoms with Crippen LogP contribution in [-0.4, -0.2) is 9.97 Å². The maximum absolute atomic E-state index is 5.52. The third-order valence-electron chi connectivity index (χ3n) is 12.5. The van der Waals surface area contributed by atoms with Gasteiger partial charge in [-0.05, 0) is 83.9 Å². The van der Waals surface area contributed by atoms with E-state index in [1.807, 2.05) is 11.3 Å². The Balaban J connectivity index is 1.10. The topological polar surface area (TPSA) is 25.8 Å². The second kappa shape index (κ2) is 12.5. The Labute approximate surface area is 340 Å². The lowest BCUT2D eigenvalue weighted by Crippen LogP contribution is -2.16. The van der Waals surface area contributed by atoms with Crippen LogP contribution in [0.25, 0.3) is 109 Å². The molecule has 0 spiro atoms. The van der Waals surface area contributed by atoms with Crippen LogP contribution in [0.4, 0.5) is 0 Å². The van der Waals surface area contributed by atoms with Crippen LogP contribution in [0.2, 0.25) is 0 Å². The predicted molar refractivity (Wildman–Crippen MR) is 247 cm³/mol. The molecule has 0 amide bonds. The smallest absolute Gasteiger partial charge is 0.160 e. The second-order valence-corrected chi connectivity index (χ2v) is 17.1. The number of benzene rings is 9. The summed E-state index contributed by atoms with van der Waals surface area (Å²) in [6.45, 7) is 4.70. The van der Waals surface area contributed by atoms with Crippen molar-refractivity contribution in [2.45, 2.75) is 19.3 Å². The first-order chi connectivity index (χ1) is 28.5. The summed E-state index contributed by atoms with van der Waals surface area (Å²) in [4.78, 5) is 11.0. The van der Waals surface area contributed by atoms with Gasteiger partial charge in [0.15, 0.2) is 5.82 Å². The van der Waals surface area contributed by atoms with Crippen LogP contribution < -0.4 is 0 Å². The van der Waals surface area contributed by atoms with Crippen LogP contribution in [0.5, 0.6) is 0 Å². The van der Waals surface area contributed by atoms with Gasteiger partial charge in [-0.15, -0.1) is 11.3 Å². The van der Waals surface area contributed by atoms with Crippen LogP contribution in [-0.2, 0) is 5.41 Å². The SMILES string of the molecule is CC1(C)c2ccccc2-c2cccc(-c3cc(-c4c5ccccc5cc5c4ccc4ccccc45)nc(-c4ccc(-c5cccc6c5sc5ccccc56)cc4)n3)c21. The molecule has 0 radical (unpaired) electrons. The van der Waals surface area contributed by atoms with Gasteiger partial charge in [-0.2, -0.15) is 0 Å². The van der Waals surface area contributed by atoms with E-state index in [1.54, 1.807) is 0 Å². The molecule has 0 saturated carbocycles. The van der Waals surface area contributed by atoms with E-state index < -0.39 is 0 Å². The number of hydrogen-bond acceptors (Lipinski definition) is 3. The van der Waals surface area contributed by atoms with Crippen molar-refractivity contribution in [2.75, 3.05) is 0 Å². The Morgan fingerprint density at radius 2 is 1.05 bits per heavy atom. The van der Waals surface area contributed by atoms with Crippen LogP contribution in [0.15, 0.2) is 182 Å². The van der Waals surface area contributed by atoms with Gasteiger partial charge in [0, 0.05) is 42.3 Å². The molecule has 0 unspecified atom stereocenters. The summed E-state index contributed by atoms with van der Waals surface area (Å²) >= 11 is 1.87. The van der Waals surface area contributed by atoms with Crippen molar-refractivity contribution in [3.63, 3.8) is 0 Å². The molecule has 0 bridgehead atoms. The molecule has 3 heteroatoms. The van der Waals surface area contributed by atoms with E-state index in [-0.39, 0.29) is 5.41 Å². The Kier molecular flexibility index (Phi) is 7.18. The molecular formula is C55H36N2S. The molecule has 2 nitrogen and oxygen atoms in total. The maximum atomic E-state index is 5.52. The molecule has 58 heavy (non-hydrogen) atoms. The molecule has 0 atom stereocenters. The minimum Gasteiger partial charge on any atom is -0.228 e. The van der Waals surface area contributed by atoms with Gasteiger partial charge in [0.05, 0.1) is 11.4 Å². The normalized spacial score (nSPS) is 13.1. The van der Waals surface area contributed by atoms with E-state index in [0.29, 0.717) is 5.82 Å². The van der Waals surface area contributed by atoms with Gasteiger partial charge < -0.3 is 0 Å². The highest BCUT2D eigenvalue weighted by atomic mass is 32.1. The molecule has 9 aromatic carbocycles. The van der Waals surface area contributed by atoms with Gasteiger partial charge >= 0.3 is 0 Å². The standard InChI is InChI=1S/C55H36N2S/c1-55(2)47-23-9-7-17-40(47)43-20-12-22-45(52(43)55)48-32-49(51-38-16-6-4-14-36(38)31-46-37-15-5-3-13-33(37)29-30-42(46)51)57-54(56-48)35-27-25-34(26-28-35)39-19-11-21-44-41-18-8-10-24-50(41)58-53(39)44/h3-32H,1-2H3. The summed E-state index contributed by atoms with van der Waals surface area (Å²) in [6.07, 6.45) is 0. The summed E-state index contributed by atoms with van der Waals surface area (Å²) in [5.41, 5.74) is 12.6. The summed E-state index contributed by atoms with van der Waals surface area (Å²) in [5.74, 6) is 0.715. The van der Waals surface area contributed by atoms with E-state index in [2.05, 4.69) is 196 Å².